The van der Waals surface area contributed by atoms with E-state index in [1.807, 2.05) is 0 Å². The van der Waals surface area contributed by atoms with Crippen molar-refractivity contribution in [1.82, 2.24) is 0 Å². The van der Waals surface area contributed by atoms with Crippen LogP contribution in [0.25, 0.3) is 20.9 Å². The Hall–Kier alpha value is -2.44. The van der Waals surface area contributed by atoms with E-state index in [0.717, 1.165) is 0 Å². The van der Waals surface area contributed by atoms with E-state index in [9.17, 15) is 9.59 Å². The molecule has 0 unspecified atom stereocenters. The number of hydrogen-bond donors (Lipinski definition) is 1. The monoisotopic (exact) mass is 272 g/mol. The first-order valence-corrected chi connectivity index (χ1v) is 5.38. The second-order valence-corrected chi connectivity index (χ2v) is 3.09. The van der Waals surface area contributed by atoms with E-state index in [-0.39, 0.29) is 18.9 Å². The number of carboxylic acids is 1. The van der Waals surface area contributed by atoms with Gasteiger partial charge in [0.15, 0.2) is 0 Å². The van der Waals surface area contributed by atoms with E-state index in [1.165, 1.54) is 7.11 Å². The predicted octanol–water partition coefficient (Wildman–Crippen LogP) is 2.41. The average molecular weight is 272 g/mol. The van der Waals surface area contributed by atoms with E-state index < -0.39 is 5.97 Å². The van der Waals surface area contributed by atoms with Gasteiger partial charge in [-0.2, -0.15) is 0 Å². The highest BCUT2D eigenvalue weighted by Gasteiger charge is 1.96. The lowest BCUT2D eigenvalue weighted by molar-refractivity contribution is -0.140. The van der Waals surface area contributed by atoms with E-state index in [2.05, 4.69) is 24.8 Å². The van der Waals surface area contributed by atoms with Crippen LogP contribution < -0.4 is 0 Å². The lowest BCUT2D eigenvalue weighted by Crippen LogP contribution is -1.99. The Kier molecular flexibility index (Phi) is 15.5. The van der Waals surface area contributed by atoms with Crippen LogP contribution in [0.3, 0.4) is 0 Å². The minimum atomic E-state index is -0.858. The molecule has 0 amide bonds. The topological polar surface area (TPSA) is 161 Å². The van der Waals surface area contributed by atoms with Crippen LogP contribution >= 0.6 is 0 Å². The normalized spacial score (nSPS) is 8.05. The van der Waals surface area contributed by atoms with Crippen LogP contribution in [0.1, 0.15) is 25.7 Å². The molecule has 0 fully saturated rings. The summed E-state index contributed by atoms with van der Waals surface area (Å²) in [5, 5.41) is 14.5. The third-order valence-electron chi connectivity index (χ3n) is 1.64. The number of hydrogen-bond acceptors (Lipinski definition) is 5. The number of ether oxygens (including phenoxy) is 1. The summed E-state index contributed by atoms with van der Waals surface area (Å²) >= 11 is 0. The van der Waals surface area contributed by atoms with Gasteiger partial charge in [0.2, 0.25) is 0 Å². The zero-order valence-electron chi connectivity index (χ0n) is 10.6. The largest absolute Gasteiger partial charge is 0.481 e. The first-order chi connectivity index (χ1) is 9.08. The summed E-state index contributed by atoms with van der Waals surface area (Å²) in [5.74, 6) is -1.13. The van der Waals surface area contributed by atoms with Gasteiger partial charge in [0, 0.05) is 35.8 Å². The van der Waals surface area contributed by atoms with Gasteiger partial charge in [0.05, 0.1) is 7.11 Å². The molecule has 106 valence electrons. The molecule has 0 aromatic heterocycles. The molecular formula is C9H16N6O4. The molecule has 0 heterocycles. The molecule has 0 aromatic rings. The standard InChI is InChI=1S/C5H9N3O2.C4H7N3O2/c1-10-5(9)3-2-4-7-8-6;5-7-6-3-1-2-4(8)9/h2-4H2,1H3;1-3H2,(H,8,9). The van der Waals surface area contributed by atoms with Gasteiger partial charge in [-0.15, -0.1) is 0 Å². The van der Waals surface area contributed by atoms with Crippen LogP contribution in [-0.4, -0.2) is 37.2 Å². The molecule has 10 nitrogen and oxygen atoms in total. The Labute approximate surface area is 109 Å². The summed E-state index contributed by atoms with van der Waals surface area (Å²) in [6.45, 7) is 0.619. The molecule has 10 heteroatoms. The summed E-state index contributed by atoms with van der Waals surface area (Å²) in [5.41, 5.74) is 15.6. The first-order valence-electron chi connectivity index (χ1n) is 5.38. The van der Waals surface area contributed by atoms with Crippen LogP contribution in [0, 0.1) is 0 Å². The Bertz CT molecular complexity index is 358. The second-order valence-electron chi connectivity index (χ2n) is 3.09. The third kappa shape index (κ3) is 21.4. The molecule has 0 saturated carbocycles. The number of carboxylic acid groups (broad SMARTS) is 1. The molecule has 0 atom stereocenters. The zero-order valence-corrected chi connectivity index (χ0v) is 10.6. The second kappa shape index (κ2) is 15.6. The molecule has 19 heavy (non-hydrogen) atoms. The number of rotatable bonds is 8. The van der Waals surface area contributed by atoms with Crippen molar-refractivity contribution in [3.05, 3.63) is 20.9 Å². The minimum absolute atomic E-state index is 0.0685. The van der Waals surface area contributed by atoms with E-state index in [4.69, 9.17) is 16.2 Å². The van der Waals surface area contributed by atoms with Crippen molar-refractivity contribution in [2.75, 3.05) is 20.2 Å². The summed E-state index contributed by atoms with van der Waals surface area (Å²) in [6.07, 6.45) is 1.35. The molecule has 0 aliphatic carbocycles. The van der Waals surface area contributed by atoms with Gasteiger partial charge >= 0.3 is 11.9 Å². The van der Waals surface area contributed by atoms with Gasteiger partial charge in [-0.3, -0.25) is 9.59 Å². The molecule has 0 aromatic carbocycles. The maximum Gasteiger partial charge on any atom is 0.305 e. The fourth-order valence-corrected chi connectivity index (χ4v) is 0.787. The minimum Gasteiger partial charge on any atom is -0.481 e. The summed E-state index contributed by atoms with van der Waals surface area (Å²) in [7, 11) is 1.33. The lowest BCUT2D eigenvalue weighted by Gasteiger charge is -1.93. The lowest BCUT2D eigenvalue weighted by atomic mass is 10.3. The molecule has 0 saturated heterocycles. The molecule has 0 radical (unpaired) electrons. The van der Waals surface area contributed by atoms with Crippen molar-refractivity contribution >= 4 is 11.9 Å². The van der Waals surface area contributed by atoms with Crippen molar-refractivity contribution in [1.29, 1.82) is 0 Å². The quantitative estimate of drug-likeness (QED) is 0.236. The van der Waals surface area contributed by atoms with Gasteiger partial charge in [0.25, 0.3) is 0 Å². The van der Waals surface area contributed by atoms with Crippen molar-refractivity contribution in [3.63, 3.8) is 0 Å². The predicted molar refractivity (Wildman–Crippen MR) is 66.1 cm³/mol. The van der Waals surface area contributed by atoms with Crippen molar-refractivity contribution in [2.45, 2.75) is 25.7 Å². The van der Waals surface area contributed by atoms with Crippen LogP contribution in [0.5, 0.6) is 0 Å². The maximum absolute atomic E-state index is 10.4. The van der Waals surface area contributed by atoms with Crippen molar-refractivity contribution in [2.24, 2.45) is 10.2 Å². The third-order valence-corrected chi connectivity index (χ3v) is 1.64. The van der Waals surface area contributed by atoms with Crippen LogP contribution in [0.4, 0.5) is 0 Å². The Balaban J connectivity index is 0. The highest BCUT2D eigenvalue weighted by Crippen LogP contribution is 1.91. The smallest absolute Gasteiger partial charge is 0.305 e. The summed E-state index contributed by atoms with van der Waals surface area (Å²) in [4.78, 5) is 25.2. The van der Waals surface area contributed by atoms with Gasteiger partial charge in [-0.25, -0.2) is 0 Å². The summed E-state index contributed by atoms with van der Waals surface area (Å²) in [6, 6.07) is 0. The number of azide groups is 2. The van der Waals surface area contributed by atoms with E-state index in [1.54, 1.807) is 0 Å². The number of methoxy groups -OCH3 is 1. The molecular weight excluding hydrogens is 256 g/mol. The maximum atomic E-state index is 10.4. The molecule has 0 aliphatic rings. The number of carbonyl (C=O) groups is 2. The molecule has 1 N–H and O–H groups in total. The Morgan fingerprint density at radius 1 is 1.11 bits per heavy atom. The molecule has 0 bridgehead atoms. The number of nitrogens with zero attached hydrogens (tertiary/aromatic N) is 6. The fourth-order valence-electron chi connectivity index (χ4n) is 0.787. The molecule has 0 rings (SSSR count). The van der Waals surface area contributed by atoms with Crippen LogP contribution in [0.2, 0.25) is 0 Å². The average Bonchev–Trinajstić information content (AvgIpc) is 2.40. The number of carbonyl (C=O) groups excluding carboxylic acids is 1. The molecule has 0 aliphatic heterocycles. The SMILES string of the molecule is COC(=O)CCCN=[N+]=[N-].[N-]=[N+]=NCCCC(=O)O. The van der Waals surface area contributed by atoms with Gasteiger partial charge in [-0.05, 0) is 23.9 Å². The summed E-state index contributed by atoms with van der Waals surface area (Å²) < 4.78 is 4.36. The number of aliphatic carboxylic acids is 1. The van der Waals surface area contributed by atoms with E-state index in [0.29, 0.717) is 25.8 Å². The van der Waals surface area contributed by atoms with E-state index >= 15 is 0 Å². The molecule has 0 spiro atoms. The van der Waals surface area contributed by atoms with Gasteiger partial charge in [0.1, 0.15) is 0 Å². The Morgan fingerprint density at radius 2 is 1.58 bits per heavy atom. The zero-order chi connectivity index (χ0) is 14.9. The highest BCUT2D eigenvalue weighted by molar-refractivity contribution is 5.69. The van der Waals surface area contributed by atoms with Gasteiger partial charge in [-0.1, -0.05) is 10.2 Å². The van der Waals surface area contributed by atoms with Crippen LogP contribution in [-0.2, 0) is 14.3 Å². The number of esters is 1. The Morgan fingerprint density at radius 3 is 1.95 bits per heavy atom. The van der Waals surface area contributed by atoms with Gasteiger partial charge < -0.3 is 9.84 Å². The van der Waals surface area contributed by atoms with Crippen molar-refractivity contribution < 1.29 is 19.4 Å². The van der Waals surface area contributed by atoms with Crippen LogP contribution in [0.15, 0.2) is 10.2 Å². The fraction of sp³-hybridized carbons (Fsp3) is 0.778. The van der Waals surface area contributed by atoms with Crippen molar-refractivity contribution in [3.8, 4) is 0 Å². The highest BCUT2D eigenvalue weighted by atomic mass is 16.5. The first kappa shape index (κ1) is 18.9.